The van der Waals surface area contributed by atoms with Crippen molar-refractivity contribution in [2.45, 2.75) is 44.6 Å². The summed E-state index contributed by atoms with van der Waals surface area (Å²) in [6.07, 6.45) is 4.39. The highest BCUT2D eigenvalue weighted by Crippen LogP contribution is 2.39. The lowest BCUT2D eigenvalue weighted by Gasteiger charge is -2.29. The van der Waals surface area contributed by atoms with Crippen LogP contribution in [-0.2, 0) is 11.2 Å². The number of nitrogens with one attached hydrogen (secondary N) is 2. The van der Waals surface area contributed by atoms with Gasteiger partial charge >= 0.3 is 0 Å². The molecule has 1 heterocycles. The Balaban J connectivity index is 0.00000280. The molecule has 1 fully saturated rings. The molecule has 0 spiro atoms. The molecule has 3 rings (SSSR count). The zero-order chi connectivity index (χ0) is 19.3. The molecule has 1 aliphatic carbocycles. The van der Waals surface area contributed by atoms with E-state index in [0.717, 1.165) is 25.7 Å². The molecule has 1 saturated carbocycles. The molecule has 4 N–H and O–H groups in total. The van der Waals surface area contributed by atoms with E-state index in [1.165, 1.54) is 4.88 Å². The maximum atomic E-state index is 12.6. The SMILES string of the molecule is CC(CN)(NC(=O)c1cccc(NC(=O)CCCc2cccs2)c1)C1CC1.Cl. The Morgan fingerprint density at radius 1 is 1.25 bits per heavy atom. The zero-order valence-electron chi connectivity index (χ0n) is 16.1. The molecular weight excluding hydrogens is 394 g/mol. The van der Waals surface area contributed by atoms with E-state index in [1.54, 1.807) is 35.6 Å². The lowest BCUT2D eigenvalue weighted by Crippen LogP contribution is -2.53. The molecule has 28 heavy (non-hydrogen) atoms. The molecule has 0 bridgehead atoms. The van der Waals surface area contributed by atoms with Gasteiger partial charge < -0.3 is 16.4 Å². The molecule has 1 atom stereocenters. The Labute approximate surface area is 176 Å². The third kappa shape index (κ3) is 6.06. The van der Waals surface area contributed by atoms with Crippen LogP contribution in [-0.4, -0.2) is 23.9 Å². The second-order valence-electron chi connectivity index (χ2n) is 7.41. The fourth-order valence-electron chi connectivity index (χ4n) is 3.21. The highest BCUT2D eigenvalue weighted by atomic mass is 35.5. The molecule has 1 aliphatic rings. The monoisotopic (exact) mass is 421 g/mol. The number of thiophene rings is 1. The average molecular weight is 422 g/mol. The molecular formula is C21H28ClN3O2S. The largest absolute Gasteiger partial charge is 0.345 e. The first-order chi connectivity index (χ1) is 13.0. The summed E-state index contributed by atoms with van der Waals surface area (Å²) in [6, 6.07) is 11.2. The minimum absolute atomic E-state index is 0. The first kappa shape index (κ1) is 22.4. The van der Waals surface area contributed by atoms with Crippen LogP contribution in [0.3, 0.4) is 0 Å². The van der Waals surface area contributed by atoms with Gasteiger partial charge in [0.25, 0.3) is 5.91 Å². The van der Waals surface area contributed by atoms with Crippen LogP contribution in [0.25, 0.3) is 0 Å². The summed E-state index contributed by atoms with van der Waals surface area (Å²) in [5, 5.41) is 8.01. The maximum absolute atomic E-state index is 12.6. The van der Waals surface area contributed by atoms with E-state index in [9.17, 15) is 9.59 Å². The standard InChI is InChI=1S/C21H27N3O2S.ClH/c1-21(14-22,16-10-11-16)24-20(26)15-5-2-6-17(13-15)23-19(25)9-3-7-18-8-4-12-27-18;/h2,4-6,8,12-13,16H,3,7,9-11,14,22H2,1H3,(H,23,25)(H,24,26);1H. The molecule has 0 radical (unpaired) electrons. The zero-order valence-corrected chi connectivity index (χ0v) is 17.7. The van der Waals surface area contributed by atoms with Gasteiger partial charge in [-0.2, -0.15) is 0 Å². The number of anilines is 1. The molecule has 0 aliphatic heterocycles. The lowest BCUT2D eigenvalue weighted by molar-refractivity contribution is -0.116. The number of halogens is 1. The van der Waals surface area contributed by atoms with Crippen molar-refractivity contribution in [2.75, 3.05) is 11.9 Å². The van der Waals surface area contributed by atoms with Gasteiger partial charge in [-0.3, -0.25) is 9.59 Å². The number of carbonyl (C=O) groups excluding carboxylic acids is 2. The Morgan fingerprint density at radius 2 is 2.04 bits per heavy atom. The van der Waals surface area contributed by atoms with Crippen LogP contribution in [0.1, 0.15) is 47.8 Å². The van der Waals surface area contributed by atoms with Crippen molar-refractivity contribution in [1.29, 1.82) is 0 Å². The Kier molecular flexibility index (Phi) is 8.04. The minimum atomic E-state index is -0.363. The van der Waals surface area contributed by atoms with Gasteiger partial charge in [-0.05, 0) is 68.2 Å². The van der Waals surface area contributed by atoms with E-state index < -0.39 is 0 Å². The maximum Gasteiger partial charge on any atom is 0.251 e. The third-order valence-corrected chi connectivity index (χ3v) is 6.05. The van der Waals surface area contributed by atoms with Crippen molar-refractivity contribution in [2.24, 2.45) is 11.7 Å². The highest BCUT2D eigenvalue weighted by Gasteiger charge is 2.41. The molecule has 5 nitrogen and oxygen atoms in total. The molecule has 152 valence electrons. The average Bonchev–Trinajstić information content (AvgIpc) is 3.40. The van der Waals surface area contributed by atoms with Gasteiger partial charge in [-0.1, -0.05) is 12.1 Å². The van der Waals surface area contributed by atoms with Crippen molar-refractivity contribution in [1.82, 2.24) is 5.32 Å². The highest BCUT2D eigenvalue weighted by molar-refractivity contribution is 7.09. The Bertz CT molecular complexity index is 793. The molecule has 0 saturated heterocycles. The van der Waals surface area contributed by atoms with Crippen molar-refractivity contribution in [3.05, 3.63) is 52.2 Å². The second kappa shape index (κ2) is 10.0. The predicted octanol–water partition coefficient (Wildman–Crippen LogP) is 3.99. The summed E-state index contributed by atoms with van der Waals surface area (Å²) in [7, 11) is 0. The first-order valence-electron chi connectivity index (χ1n) is 9.45. The minimum Gasteiger partial charge on any atom is -0.345 e. The van der Waals surface area contributed by atoms with E-state index in [2.05, 4.69) is 16.7 Å². The second-order valence-corrected chi connectivity index (χ2v) is 8.44. The number of amides is 2. The molecule has 2 aromatic rings. The number of nitrogens with two attached hydrogens (primary N) is 1. The molecule has 2 amide bonds. The number of benzene rings is 1. The van der Waals surface area contributed by atoms with Gasteiger partial charge in [0.05, 0.1) is 5.54 Å². The van der Waals surface area contributed by atoms with Gasteiger partial charge in [-0.25, -0.2) is 0 Å². The van der Waals surface area contributed by atoms with Crippen LogP contribution < -0.4 is 16.4 Å². The fourth-order valence-corrected chi connectivity index (χ4v) is 3.96. The Hall–Kier alpha value is -1.89. The van der Waals surface area contributed by atoms with Crippen molar-refractivity contribution in [3.63, 3.8) is 0 Å². The van der Waals surface area contributed by atoms with Crippen LogP contribution in [0, 0.1) is 5.92 Å². The summed E-state index contributed by atoms with van der Waals surface area (Å²) in [5.41, 5.74) is 6.69. The van der Waals surface area contributed by atoms with Crippen LogP contribution in [0.2, 0.25) is 0 Å². The molecule has 1 aromatic heterocycles. The van der Waals surface area contributed by atoms with Gasteiger partial charge in [0.2, 0.25) is 5.91 Å². The topological polar surface area (TPSA) is 84.2 Å². The summed E-state index contributed by atoms with van der Waals surface area (Å²) in [4.78, 5) is 26.1. The first-order valence-corrected chi connectivity index (χ1v) is 10.3. The van der Waals surface area contributed by atoms with Gasteiger partial charge in [-0.15, -0.1) is 23.7 Å². The smallest absolute Gasteiger partial charge is 0.251 e. The Morgan fingerprint density at radius 3 is 2.68 bits per heavy atom. The van der Waals surface area contributed by atoms with Crippen LogP contribution in [0.4, 0.5) is 5.69 Å². The molecule has 7 heteroatoms. The lowest BCUT2D eigenvalue weighted by atomic mass is 9.95. The van der Waals surface area contributed by atoms with E-state index in [0.29, 0.717) is 30.1 Å². The third-order valence-electron chi connectivity index (χ3n) is 5.12. The van der Waals surface area contributed by atoms with E-state index in [1.807, 2.05) is 18.4 Å². The number of carbonyl (C=O) groups is 2. The summed E-state index contributed by atoms with van der Waals surface area (Å²) < 4.78 is 0. The molecule has 1 aromatic carbocycles. The number of rotatable bonds is 9. The quantitative estimate of drug-likeness (QED) is 0.572. The number of hydrogen-bond acceptors (Lipinski definition) is 4. The summed E-state index contributed by atoms with van der Waals surface area (Å²) in [6.45, 7) is 2.42. The van der Waals surface area contributed by atoms with Crippen LogP contribution in [0.15, 0.2) is 41.8 Å². The van der Waals surface area contributed by atoms with Gasteiger partial charge in [0.15, 0.2) is 0 Å². The van der Waals surface area contributed by atoms with E-state index >= 15 is 0 Å². The van der Waals surface area contributed by atoms with Crippen molar-refractivity contribution in [3.8, 4) is 0 Å². The summed E-state index contributed by atoms with van der Waals surface area (Å²) >= 11 is 1.71. The van der Waals surface area contributed by atoms with E-state index in [-0.39, 0.29) is 29.8 Å². The fraction of sp³-hybridized carbons (Fsp3) is 0.429. The van der Waals surface area contributed by atoms with Crippen LogP contribution >= 0.6 is 23.7 Å². The molecule has 1 unspecified atom stereocenters. The van der Waals surface area contributed by atoms with Crippen molar-refractivity contribution < 1.29 is 9.59 Å². The normalized spacial score (nSPS) is 15.2. The van der Waals surface area contributed by atoms with Crippen LogP contribution in [0.5, 0.6) is 0 Å². The van der Waals surface area contributed by atoms with Gasteiger partial charge in [0, 0.05) is 29.1 Å². The van der Waals surface area contributed by atoms with Gasteiger partial charge in [0.1, 0.15) is 0 Å². The predicted molar refractivity (Wildman–Crippen MR) is 117 cm³/mol. The number of aryl methyl sites for hydroxylation is 1. The van der Waals surface area contributed by atoms with E-state index in [4.69, 9.17) is 5.73 Å². The number of hydrogen-bond donors (Lipinski definition) is 3. The van der Waals surface area contributed by atoms with Crippen molar-refractivity contribution >= 4 is 41.2 Å². The summed E-state index contributed by atoms with van der Waals surface area (Å²) in [5.74, 6) is 0.273.